The summed E-state index contributed by atoms with van der Waals surface area (Å²) in [6.45, 7) is 1.88. The van der Waals surface area contributed by atoms with Crippen molar-refractivity contribution in [3.63, 3.8) is 0 Å². The van der Waals surface area contributed by atoms with Gasteiger partial charge in [-0.1, -0.05) is 60.1 Å². The van der Waals surface area contributed by atoms with Gasteiger partial charge in [0.1, 0.15) is 0 Å². The number of aromatic nitrogens is 1. The Morgan fingerprint density at radius 3 is 2.35 bits per heavy atom. The van der Waals surface area contributed by atoms with Crippen LogP contribution >= 0.6 is 11.6 Å². The van der Waals surface area contributed by atoms with Crippen LogP contribution in [0.2, 0.25) is 5.02 Å². The SMILES string of the molecule is Cc1nc2ccc(Cl)cc2c(-c2ccccc2)c1C(=O)C=Cc1ccc(N(C)C)cc1. The van der Waals surface area contributed by atoms with Crippen LogP contribution in [0.3, 0.4) is 0 Å². The van der Waals surface area contributed by atoms with Crippen molar-refractivity contribution in [3.05, 3.63) is 101 Å². The van der Waals surface area contributed by atoms with E-state index in [1.165, 1.54) is 0 Å². The summed E-state index contributed by atoms with van der Waals surface area (Å²) in [4.78, 5) is 20.1. The maximum Gasteiger partial charge on any atom is 0.188 e. The van der Waals surface area contributed by atoms with Gasteiger partial charge in [0.15, 0.2) is 5.78 Å². The lowest BCUT2D eigenvalue weighted by molar-refractivity contribution is 0.104. The lowest BCUT2D eigenvalue weighted by Gasteiger charge is -2.14. The maximum absolute atomic E-state index is 13.4. The minimum Gasteiger partial charge on any atom is -0.378 e. The minimum absolute atomic E-state index is 0.0811. The van der Waals surface area contributed by atoms with Crippen LogP contribution in [0.15, 0.2) is 78.9 Å². The summed E-state index contributed by atoms with van der Waals surface area (Å²) in [6, 6.07) is 23.6. The zero-order chi connectivity index (χ0) is 22.0. The van der Waals surface area contributed by atoms with E-state index in [2.05, 4.69) is 0 Å². The fraction of sp³-hybridized carbons (Fsp3) is 0.111. The molecule has 0 radical (unpaired) electrons. The number of pyridine rings is 1. The number of ketones is 1. The predicted octanol–water partition coefficient (Wildman–Crippen LogP) is 6.83. The lowest BCUT2D eigenvalue weighted by Crippen LogP contribution is -2.08. The van der Waals surface area contributed by atoms with Crippen LogP contribution in [-0.4, -0.2) is 24.9 Å². The number of nitrogens with zero attached hydrogens (tertiary/aromatic N) is 2. The van der Waals surface area contributed by atoms with Crippen molar-refractivity contribution in [3.8, 4) is 11.1 Å². The molecular weight excluding hydrogens is 404 g/mol. The van der Waals surface area contributed by atoms with Gasteiger partial charge in [-0.15, -0.1) is 0 Å². The highest BCUT2D eigenvalue weighted by Crippen LogP contribution is 2.35. The second-order valence-electron chi connectivity index (χ2n) is 7.66. The molecule has 4 rings (SSSR count). The fourth-order valence-corrected chi connectivity index (χ4v) is 3.88. The van der Waals surface area contributed by atoms with Crippen molar-refractivity contribution < 1.29 is 4.79 Å². The number of fused-ring (bicyclic) bond motifs is 1. The Labute approximate surface area is 187 Å². The Kier molecular flexibility index (Phi) is 5.88. The highest BCUT2D eigenvalue weighted by Gasteiger charge is 2.19. The summed E-state index contributed by atoms with van der Waals surface area (Å²) >= 11 is 6.30. The first-order valence-electron chi connectivity index (χ1n) is 10.1. The number of hydrogen-bond acceptors (Lipinski definition) is 3. The van der Waals surface area contributed by atoms with Gasteiger partial charge in [-0.25, -0.2) is 0 Å². The van der Waals surface area contributed by atoms with Gasteiger partial charge in [-0.3, -0.25) is 9.78 Å². The number of aryl methyl sites for hydroxylation is 1. The zero-order valence-corrected chi connectivity index (χ0v) is 18.5. The molecule has 0 spiro atoms. The monoisotopic (exact) mass is 426 g/mol. The normalized spacial score (nSPS) is 11.2. The quantitative estimate of drug-likeness (QED) is 0.259. The number of halogens is 1. The second kappa shape index (κ2) is 8.75. The third kappa shape index (κ3) is 4.37. The van der Waals surface area contributed by atoms with Crippen molar-refractivity contribution in [2.24, 2.45) is 0 Å². The van der Waals surface area contributed by atoms with Gasteiger partial charge in [-0.05, 0) is 54.5 Å². The molecule has 0 unspecified atom stereocenters. The van der Waals surface area contributed by atoms with E-state index in [4.69, 9.17) is 16.6 Å². The first-order valence-corrected chi connectivity index (χ1v) is 10.5. The van der Waals surface area contributed by atoms with Gasteiger partial charge in [-0.2, -0.15) is 0 Å². The Bertz CT molecular complexity index is 1280. The third-order valence-electron chi connectivity index (χ3n) is 5.27. The topological polar surface area (TPSA) is 33.2 Å². The number of carbonyl (C=O) groups is 1. The van der Waals surface area contributed by atoms with E-state index in [1.54, 1.807) is 6.08 Å². The predicted molar refractivity (Wildman–Crippen MR) is 131 cm³/mol. The standard InChI is InChI=1S/C27H23ClN2O/c1-18-26(25(31)16-11-19-9-13-22(14-10-19)30(2)3)27(20-7-5-4-6-8-20)23-17-21(28)12-15-24(23)29-18/h4-17H,1-3H3. The molecule has 0 atom stereocenters. The number of anilines is 1. The van der Waals surface area contributed by atoms with Gasteiger partial charge in [0.05, 0.1) is 11.1 Å². The molecular formula is C27H23ClN2O. The fourth-order valence-electron chi connectivity index (χ4n) is 3.70. The molecule has 0 bridgehead atoms. The summed E-state index contributed by atoms with van der Waals surface area (Å²) in [5.74, 6) is -0.0811. The van der Waals surface area contributed by atoms with E-state index in [-0.39, 0.29) is 5.78 Å². The summed E-state index contributed by atoms with van der Waals surface area (Å²) in [5.41, 5.74) is 6.03. The molecule has 0 N–H and O–H groups in total. The van der Waals surface area contributed by atoms with Crippen molar-refractivity contribution in [2.75, 3.05) is 19.0 Å². The highest BCUT2D eigenvalue weighted by atomic mass is 35.5. The Balaban J connectivity index is 1.82. The van der Waals surface area contributed by atoms with Gasteiger partial charge in [0.25, 0.3) is 0 Å². The molecule has 0 aliphatic rings. The number of rotatable bonds is 5. The summed E-state index contributed by atoms with van der Waals surface area (Å²) in [7, 11) is 4.00. The molecule has 4 aromatic rings. The van der Waals surface area contributed by atoms with Gasteiger partial charge in [0, 0.05) is 41.4 Å². The van der Waals surface area contributed by atoms with Gasteiger partial charge < -0.3 is 4.90 Å². The van der Waals surface area contributed by atoms with Crippen LogP contribution in [0.1, 0.15) is 21.6 Å². The van der Waals surface area contributed by atoms with Gasteiger partial charge >= 0.3 is 0 Å². The summed E-state index contributed by atoms with van der Waals surface area (Å²) in [5, 5.41) is 1.49. The average molecular weight is 427 g/mol. The van der Waals surface area contributed by atoms with Crippen molar-refractivity contribution in [2.45, 2.75) is 6.92 Å². The van der Waals surface area contributed by atoms with E-state index < -0.39 is 0 Å². The van der Waals surface area contributed by atoms with Crippen LogP contribution in [0.25, 0.3) is 28.1 Å². The van der Waals surface area contributed by atoms with Crippen LogP contribution in [0.5, 0.6) is 0 Å². The average Bonchev–Trinajstić information content (AvgIpc) is 2.77. The van der Waals surface area contributed by atoms with E-state index in [0.29, 0.717) is 16.3 Å². The first-order chi connectivity index (χ1) is 14.9. The third-order valence-corrected chi connectivity index (χ3v) is 5.51. The van der Waals surface area contributed by atoms with Crippen molar-refractivity contribution in [1.29, 1.82) is 0 Å². The Morgan fingerprint density at radius 1 is 0.968 bits per heavy atom. The molecule has 0 saturated carbocycles. The van der Waals surface area contributed by atoms with E-state index in [9.17, 15) is 4.79 Å². The molecule has 0 fully saturated rings. The van der Waals surface area contributed by atoms with Crippen LogP contribution in [0, 0.1) is 6.92 Å². The molecule has 154 valence electrons. The Morgan fingerprint density at radius 2 is 1.68 bits per heavy atom. The molecule has 3 aromatic carbocycles. The smallest absolute Gasteiger partial charge is 0.188 e. The highest BCUT2D eigenvalue weighted by molar-refractivity contribution is 6.31. The van der Waals surface area contributed by atoms with E-state index in [0.717, 1.165) is 33.3 Å². The molecule has 0 saturated heterocycles. The summed E-state index contributed by atoms with van der Waals surface area (Å²) < 4.78 is 0. The second-order valence-corrected chi connectivity index (χ2v) is 8.09. The van der Waals surface area contributed by atoms with Gasteiger partial charge in [0.2, 0.25) is 0 Å². The molecule has 3 nitrogen and oxygen atoms in total. The zero-order valence-electron chi connectivity index (χ0n) is 17.8. The maximum atomic E-state index is 13.4. The summed E-state index contributed by atoms with van der Waals surface area (Å²) in [6.07, 6.45) is 3.47. The lowest BCUT2D eigenvalue weighted by atomic mass is 9.92. The molecule has 31 heavy (non-hydrogen) atoms. The van der Waals surface area contributed by atoms with Crippen molar-refractivity contribution >= 4 is 40.1 Å². The molecule has 0 amide bonds. The molecule has 1 heterocycles. The largest absolute Gasteiger partial charge is 0.378 e. The Hall–Kier alpha value is -3.43. The van der Waals surface area contributed by atoms with Crippen LogP contribution < -0.4 is 4.90 Å². The number of hydrogen-bond donors (Lipinski definition) is 0. The van der Waals surface area contributed by atoms with E-state index in [1.807, 2.05) is 105 Å². The van der Waals surface area contributed by atoms with E-state index >= 15 is 0 Å². The number of carbonyl (C=O) groups excluding carboxylic acids is 1. The minimum atomic E-state index is -0.0811. The number of allylic oxidation sites excluding steroid dienone is 1. The van der Waals surface area contributed by atoms with Crippen LogP contribution in [0.4, 0.5) is 5.69 Å². The number of benzene rings is 3. The first kappa shape index (κ1) is 20.8. The molecule has 4 heteroatoms. The van der Waals surface area contributed by atoms with Crippen molar-refractivity contribution in [1.82, 2.24) is 4.98 Å². The molecule has 0 aliphatic carbocycles. The van der Waals surface area contributed by atoms with Crippen LogP contribution in [-0.2, 0) is 0 Å². The molecule has 1 aromatic heterocycles. The molecule has 0 aliphatic heterocycles.